The predicted octanol–water partition coefficient (Wildman–Crippen LogP) is 3.83. The Morgan fingerprint density at radius 2 is 2.21 bits per heavy atom. The highest BCUT2D eigenvalue weighted by Gasteiger charge is 2.22. The molecule has 1 aromatic rings. The third-order valence-corrected chi connectivity index (χ3v) is 4.68. The number of carbonyl (C=O) groups excluding carboxylic acids is 1. The van der Waals surface area contributed by atoms with Gasteiger partial charge in [-0.25, -0.2) is 0 Å². The van der Waals surface area contributed by atoms with Gasteiger partial charge in [0.15, 0.2) is 0 Å². The summed E-state index contributed by atoms with van der Waals surface area (Å²) in [5.74, 6) is 1.43. The number of hydrogen-bond donors (Lipinski definition) is 1. The van der Waals surface area contributed by atoms with Gasteiger partial charge in [-0.15, -0.1) is 0 Å². The van der Waals surface area contributed by atoms with Gasteiger partial charge in [0, 0.05) is 23.8 Å². The van der Waals surface area contributed by atoms with Crippen LogP contribution < -0.4 is 5.32 Å². The van der Waals surface area contributed by atoms with Crippen LogP contribution in [0.1, 0.15) is 50.0 Å². The molecule has 2 atom stereocenters. The number of aromatic nitrogens is 1. The summed E-state index contributed by atoms with van der Waals surface area (Å²) in [6, 6.07) is 1.89. The third-order valence-electron chi connectivity index (χ3n) is 4.25. The zero-order valence-corrected chi connectivity index (χ0v) is 13.4. The first-order valence-corrected chi connectivity index (χ1v) is 8.05. The van der Waals surface area contributed by atoms with Gasteiger partial charge in [-0.3, -0.25) is 4.79 Å². The molecular formula is C15H23BrN2O. The summed E-state index contributed by atoms with van der Waals surface area (Å²) in [5, 5.41) is 3.11. The van der Waals surface area contributed by atoms with Crippen molar-refractivity contribution >= 4 is 21.8 Å². The number of nitrogens with one attached hydrogen (secondary N) is 1. The first-order valence-electron chi connectivity index (χ1n) is 7.25. The highest BCUT2D eigenvalue weighted by Crippen LogP contribution is 2.28. The quantitative estimate of drug-likeness (QED) is 0.896. The molecule has 0 bridgehead atoms. The molecule has 0 aliphatic heterocycles. The van der Waals surface area contributed by atoms with Gasteiger partial charge < -0.3 is 9.88 Å². The van der Waals surface area contributed by atoms with Crippen LogP contribution in [-0.2, 0) is 6.54 Å². The van der Waals surface area contributed by atoms with Gasteiger partial charge in [-0.1, -0.05) is 26.2 Å². The summed E-state index contributed by atoms with van der Waals surface area (Å²) in [6.45, 7) is 5.98. The van der Waals surface area contributed by atoms with Crippen molar-refractivity contribution in [1.82, 2.24) is 9.88 Å². The van der Waals surface area contributed by atoms with Crippen molar-refractivity contribution < 1.29 is 4.79 Å². The zero-order chi connectivity index (χ0) is 13.8. The van der Waals surface area contributed by atoms with Gasteiger partial charge in [0.05, 0.1) is 0 Å². The van der Waals surface area contributed by atoms with Crippen LogP contribution in [0, 0.1) is 11.8 Å². The van der Waals surface area contributed by atoms with E-state index in [-0.39, 0.29) is 5.91 Å². The topological polar surface area (TPSA) is 34.0 Å². The maximum atomic E-state index is 12.2. The number of nitrogens with zero attached hydrogens (tertiary/aromatic N) is 1. The van der Waals surface area contributed by atoms with Crippen LogP contribution in [0.2, 0.25) is 0 Å². The lowest BCUT2D eigenvalue weighted by Gasteiger charge is -2.28. The molecule has 3 nitrogen and oxygen atoms in total. The van der Waals surface area contributed by atoms with Crippen LogP contribution in [0.3, 0.4) is 0 Å². The minimum Gasteiger partial charge on any atom is -0.350 e. The summed E-state index contributed by atoms with van der Waals surface area (Å²) >= 11 is 3.43. The fourth-order valence-corrected chi connectivity index (χ4v) is 3.40. The van der Waals surface area contributed by atoms with Crippen LogP contribution in [0.25, 0.3) is 0 Å². The summed E-state index contributed by atoms with van der Waals surface area (Å²) in [5.41, 5.74) is 0.748. The van der Waals surface area contributed by atoms with E-state index in [1.54, 1.807) is 0 Å². The summed E-state index contributed by atoms with van der Waals surface area (Å²) in [7, 11) is 0. The molecule has 1 aliphatic rings. The number of carbonyl (C=O) groups is 1. The lowest BCUT2D eigenvalue weighted by atomic mass is 9.80. The number of rotatable bonds is 4. The van der Waals surface area contributed by atoms with E-state index in [0.29, 0.717) is 5.92 Å². The van der Waals surface area contributed by atoms with Crippen molar-refractivity contribution in [3.63, 3.8) is 0 Å². The average Bonchev–Trinajstić information content (AvgIpc) is 2.79. The molecule has 1 amide bonds. The normalized spacial score (nSPS) is 23.3. The Morgan fingerprint density at radius 3 is 2.89 bits per heavy atom. The minimum atomic E-state index is 0.0466. The average molecular weight is 327 g/mol. The fourth-order valence-electron chi connectivity index (χ4n) is 2.94. The first-order chi connectivity index (χ1) is 9.11. The number of aryl methyl sites for hydroxylation is 1. The highest BCUT2D eigenvalue weighted by atomic mass is 79.9. The van der Waals surface area contributed by atoms with Crippen LogP contribution in [-0.4, -0.2) is 17.0 Å². The molecule has 1 aliphatic carbocycles. The van der Waals surface area contributed by atoms with Gasteiger partial charge in [0.2, 0.25) is 0 Å². The Morgan fingerprint density at radius 1 is 1.47 bits per heavy atom. The van der Waals surface area contributed by atoms with Gasteiger partial charge in [0.25, 0.3) is 5.91 Å². The van der Waals surface area contributed by atoms with E-state index in [2.05, 4.69) is 28.2 Å². The Hall–Kier alpha value is -0.770. The van der Waals surface area contributed by atoms with Crippen LogP contribution in [0.15, 0.2) is 16.7 Å². The molecule has 1 N–H and O–H groups in total. The minimum absolute atomic E-state index is 0.0466. The van der Waals surface area contributed by atoms with E-state index in [1.807, 2.05) is 23.8 Å². The van der Waals surface area contributed by atoms with Gasteiger partial charge in [-0.05, 0) is 47.2 Å². The molecule has 1 saturated carbocycles. The molecule has 4 heteroatoms. The van der Waals surface area contributed by atoms with Crippen molar-refractivity contribution in [3.8, 4) is 0 Å². The highest BCUT2D eigenvalue weighted by molar-refractivity contribution is 9.10. The molecule has 1 aromatic heterocycles. The predicted molar refractivity (Wildman–Crippen MR) is 81.3 cm³/mol. The van der Waals surface area contributed by atoms with Crippen molar-refractivity contribution in [2.45, 2.75) is 46.1 Å². The monoisotopic (exact) mass is 326 g/mol. The molecule has 106 valence electrons. The lowest BCUT2D eigenvalue weighted by Crippen LogP contribution is -2.34. The Bertz CT molecular complexity index is 441. The molecule has 1 fully saturated rings. The maximum Gasteiger partial charge on any atom is 0.267 e. The van der Waals surface area contributed by atoms with Gasteiger partial charge >= 0.3 is 0 Å². The molecule has 0 spiro atoms. The molecule has 0 radical (unpaired) electrons. The number of amides is 1. The first kappa shape index (κ1) is 14.6. The second kappa shape index (κ2) is 6.60. The Balaban J connectivity index is 1.93. The van der Waals surface area contributed by atoms with E-state index in [4.69, 9.17) is 0 Å². The third kappa shape index (κ3) is 3.62. The fraction of sp³-hybridized carbons (Fsp3) is 0.667. The van der Waals surface area contributed by atoms with Gasteiger partial charge in [-0.2, -0.15) is 0 Å². The molecule has 1 heterocycles. The molecule has 19 heavy (non-hydrogen) atoms. The maximum absolute atomic E-state index is 12.2. The van der Waals surface area contributed by atoms with E-state index in [0.717, 1.165) is 29.2 Å². The summed E-state index contributed by atoms with van der Waals surface area (Å²) in [4.78, 5) is 12.2. The smallest absolute Gasteiger partial charge is 0.267 e. The van der Waals surface area contributed by atoms with Crippen LogP contribution in [0.4, 0.5) is 0 Å². The molecule has 0 aromatic carbocycles. The largest absolute Gasteiger partial charge is 0.350 e. The summed E-state index contributed by atoms with van der Waals surface area (Å²) in [6.07, 6.45) is 7.16. The van der Waals surface area contributed by atoms with E-state index in [9.17, 15) is 4.79 Å². The van der Waals surface area contributed by atoms with E-state index >= 15 is 0 Å². The van der Waals surface area contributed by atoms with Crippen LogP contribution in [0.5, 0.6) is 0 Å². The molecular weight excluding hydrogens is 304 g/mol. The van der Waals surface area contributed by atoms with Crippen molar-refractivity contribution in [1.29, 1.82) is 0 Å². The Labute approximate surface area is 123 Å². The van der Waals surface area contributed by atoms with E-state index < -0.39 is 0 Å². The number of halogens is 1. The second-order valence-electron chi connectivity index (χ2n) is 5.56. The SMILES string of the molecule is CCn1cc(Br)cc1C(=O)NCC1CCCCC1C. The molecule has 2 rings (SSSR count). The van der Waals surface area contributed by atoms with E-state index in [1.165, 1.54) is 25.7 Å². The van der Waals surface area contributed by atoms with Crippen LogP contribution >= 0.6 is 15.9 Å². The van der Waals surface area contributed by atoms with Crippen molar-refractivity contribution in [2.24, 2.45) is 11.8 Å². The Kier molecular flexibility index (Phi) is 5.08. The summed E-state index contributed by atoms with van der Waals surface area (Å²) < 4.78 is 2.94. The number of hydrogen-bond acceptors (Lipinski definition) is 1. The standard InChI is InChI=1S/C15H23BrN2O/c1-3-18-10-13(16)8-14(18)15(19)17-9-12-7-5-4-6-11(12)2/h8,10-12H,3-7,9H2,1-2H3,(H,17,19). The van der Waals surface area contributed by atoms with Crippen molar-refractivity contribution in [2.75, 3.05) is 6.54 Å². The molecule has 2 unspecified atom stereocenters. The zero-order valence-electron chi connectivity index (χ0n) is 11.8. The molecule has 0 saturated heterocycles. The lowest BCUT2D eigenvalue weighted by molar-refractivity contribution is 0.0927. The second-order valence-corrected chi connectivity index (χ2v) is 6.48. The van der Waals surface area contributed by atoms with Gasteiger partial charge in [0.1, 0.15) is 5.69 Å². The van der Waals surface area contributed by atoms with Crippen molar-refractivity contribution in [3.05, 3.63) is 22.4 Å².